The topological polar surface area (TPSA) is 143 Å². The van der Waals surface area contributed by atoms with Gasteiger partial charge in [0.2, 0.25) is 11.8 Å². The Balaban J connectivity index is 1.88. The van der Waals surface area contributed by atoms with Crippen LogP contribution in [0, 0.1) is 5.92 Å². The van der Waals surface area contributed by atoms with Crippen molar-refractivity contribution in [3.63, 3.8) is 0 Å². The molecule has 2 rings (SSSR count). The van der Waals surface area contributed by atoms with Crippen molar-refractivity contribution in [2.75, 3.05) is 26.7 Å². The van der Waals surface area contributed by atoms with Gasteiger partial charge in [0.15, 0.2) is 5.96 Å². The molecular formula is C19H28N6O3. The van der Waals surface area contributed by atoms with Gasteiger partial charge in [-0.2, -0.15) is 0 Å². The number of primary amides is 2. The maximum absolute atomic E-state index is 11.9. The highest BCUT2D eigenvalue weighted by atomic mass is 16.2. The van der Waals surface area contributed by atoms with Crippen LogP contribution in [-0.2, 0) is 16.1 Å². The average molecular weight is 388 g/mol. The molecule has 1 aromatic carbocycles. The maximum Gasteiger partial charge on any atom is 0.251 e. The number of guanidine groups is 1. The summed E-state index contributed by atoms with van der Waals surface area (Å²) in [5, 5.41) is 5.77. The first kappa shape index (κ1) is 21.2. The minimum Gasteiger partial charge on any atom is -0.370 e. The first-order chi connectivity index (χ1) is 13.4. The molecule has 1 aliphatic heterocycles. The third kappa shape index (κ3) is 6.57. The van der Waals surface area contributed by atoms with Gasteiger partial charge < -0.3 is 27.0 Å². The van der Waals surface area contributed by atoms with E-state index in [1.165, 1.54) is 0 Å². The second kappa shape index (κ2) is 10.3. The molecule has 0 aliphatic carbocycles. The Kier molecular flexibility index (Phi) is 7.79. The molecule has 1 aromatic rings. The highest BCUT2D eigenvalue weighted by molar-refractivity contribution is 5.96. The van der Waals surface area contributed by atoms with Crippen LogP contribution in [0.1, 0.15) is 35.2 Å². The van der Waals surface area contributed by atoms with Crippen molar-refractivity contribution >= 4 is 23.7 Å². The van der Waals surface area contributed by atoms with Crippen molar-refractivity contribution in [2.45, 2.75) is 25.8 Å². The number of piperidine rings is 1. The molecule has 28 heavy (non-hydrogen) atoms. The summed E-state index contributed by atoms with van der Waals surface area (Å²) in [6, 6.07) is 7.07. The van der Waals surface area contributed by atoms with E-state index in [0.29, 0.717) is 18.5 Å². The van der Waals surface area contributed by atoms with E-state index in [0.717, 1.165) is 37.5 Å². The molecule has 0 radical (unpaired) electrons. The van der Waals surface area contributed by atoms with Crippen LogP contribution >= 0.6 is 0 Å². The van der Waals surface area contributed by atoms with E-state index in [4.69, 9.17) is 11.5 Å². The number of nitrogens with two attached hydrogens (primary N) is 2. The number of hydrogen-bond donors (Lipinski definition) is 4. The normalized spacial score (nSPS) is 17.1. The van der Waals surface area contributed by atoms with Gasteiger partial charge in [0.1, 0.15) is 0 Å². The molecule has 0 saturated carbocycles. The minimum absolute atomic E-state index is 0.189. The van der Waals surface area contributed by atoms with E-state index in [1.807, 2.05) is 12.1 Å². The molecule has 9 heteroatoms. The first-order valence-electron chi connectivity index (χ1n) is 9.28. The zero-order valence-electron chi connectivity index (χ0n) is 16.1. The van der Waals surface area contributed by atoms with Crippen LogP contribution in [0.3, 0.4) is 0 Å². The van der Waals surface area contributed by atoms with Crippen LogP contribution in [0.25, 0.3) is 0 Å². The minimum atomic E-state index is -0.587. The van der Waals surface area contributed by atoms with Gasteiger partial charge in [-0.05, 0) is 36.5 Å². The third-order valence-electron chi connectivity index (χ3n) is 4.61. The predicted molar refractivity (Wildman–Crippen MR) is 106 cm³/mol. The lowest BCUT2D eigenvalue weighted by atomic mass is 9.95. The molecule has 0 aromatic heterocycles. The van der Waals surface area contributed by atoms with Crippen molar-refractivity contribution in [1.29, 1.82) is 0 Å². The fourth-order valence-electron chi connectivity index (χ4n) is 3.27. The summed E-state index contributed by atoms with van der Waals surface area (Å²) >= 11 is 0. The van der Waals surface area contributed by atoms with Gasteiger partial charge in [-0.25, -0.2) is 0 Å². The lowest BCUT2D eigenvalue weighted by Gasteiger charge is -2.34. The number of aliphatic imine (C=N–C) groups is 1. The Hall–Kier alpha value is -3.10. The summed E-state index contributed by atoms with van der Waals surface area (Å²) in [6.07, 6.45) is 2.39. The van der Waals surface area contributed by atoms with Crippen LogP contribution in [-0.4, -0.2) is 55.3 Å². The van der Waals surface area contributed by atoms with Gasteiger partial charge in [0, 0.05) is 38.7 Å². The molecule has 0 bridgehead atoms. The molecule has 1 atom stereocenters. The van der Waals surface area contributed by atoms with Crippen LogP contribution in [0.5, 0.6) is 0 Å². The smallest absolute Gasteiger partial charge is 0.251 e. The number of nitrogens with one attached hydrogen (secondary N) is 2. The lowest BCUT2D eigenvalue weighted by molar-refractivity contribution is -0.119. The zero-order valence-corrected chi connectivity index (χ0v) is 16.1. The first-order valence-corrected chi connectivity index (χ1v) is 9.28. The molecule has 9 nitrogen and oxygen atoms in total. The molecule has 1 unspecified atom stereocenters. The number of likely N-dealkylation sites (tertiary alicyclic amines) is 1. The number of carbonyl (C=O) groups excluding carboxylic acids is 3. The van der Waals surface area contributed by atoms with Gasteiger partial charge in [-0.15, -0.1) is 0 Å². The van der Waals surface area contributed by atoms with E-state index in [2.05, 4.69) is 20.5 Å². The van der Waals surface area contributed by atoms with Gasteiger partial charge >= 0.3 is 0 Å². The van der Waals surface area contributed by atoms with Crippen molar-refractivity contribution in [2.24, 2.45) is 22.4 Å². The van der Waals surface area contributed by atoms with Crippen molar-refractivity contribution in [3.05, 3.63) is 35.4 Å². The highest BCUT2D eigenvalue weighted by Gasteiger charge is 2.23. The van der Waals surface area contributed by atoms with Crippen molar-refractivity contribution < 1.29 is 14.4 Å². The summed E-state index contributed by atoms with van der Waals surface area (Å²) in [4.78, 5) is 40.3. The third-order valence-corrected chi connectivity index (χ3v) is 4.61. The van der Waals surface area contributed by atoms with Crippen molar-refractivity contribution in [1.82, 2.24) is 15.5 Å². The molecule has 1 fully saturated rings. The monoisotopic (exact) mass is 388 g/mol. The molecule has 0 spiro atoms. The summed E-state index contributed by atoms with van der Waals surface area (Å²) in [6.45, 7) is 1.99. The summed E-state index contributed by atoms with van der Waals surface area (Å²) in [5.41, 5.74) is 11.8. The molecule has 1 aliphatic rings. The van der Waals surface area contributed by atoms with Crippen LogP contribution < -0.4 is 22.1 Å². The Morgan fingerprint density at radius 1 is 1.14 bits per heavy atom. The number of amides is 3. The van der Waals surface area contributed by atoms with E-state index in [1.54, 1.807) is 19.2 Å². The molecule has 6 N–H and O–H groups in total. The van der Waals surface area contributed by atoms with Gasteiger partial charge in [0.25, 0.3) is 5.91 Å². The maximum atomic E-state index is 11.9. The van der Waals surface area contributed by atoms with Crippen molar-refractivity contribution in [3.8, 4) is 0 Å². The second-order valence-corrected chi connectivity index (χ2v) is 6.87. The summed E-state index contributed by atoms with van der Waals surface area (Å²) < 4.78 is 0. The predicted octanol–water partition coefficient (Wildman–Crippen LogP) is -0.435. The van der Waals surface area contributed by atoms with Gasteiger partial charge in [0.05, 0.1) is 6.54 Å². The average Bonchev–Trinajstić information content (AvgIpc) is 2.67. The highest BCUT2D eigenvalue weighted by Crippen LogP contribution is 2.19. The van der Waals surface area contributed by atoms with Crippen LogP contribution in [0.15, 0.2) is 29.3 Å². The number of rotatable bonds is 7. The van der Waals surface area contributed by atoms with Gasteiger partial charge in [-0.3, -0.25) is 19.4 Å². The summed E-state index contributed by atoms with van der Waals surface area (Å²) in [7, 11) is 1.73. The Morgan fingerprint density at radius 2 is 1.86 bits per heavy atom. The van der Waals surface area contributed by atoms with Gasteiger partial charge in [-0.1, -0.05) is 12.1 Å². The number of carbonyl (C=O) groups is 3. The Labute approximate surface area is 164 Å². The number of nitrogens with zero attached hydrogens (tertiary/aromatic N) is 2. The number of hydrogen-bond acceptors (Lipinski definition) is 4. The SMILES string of the molecule is CN=C(NCc1ccc(C(=O)NCC(N)=O)cc1)N1CCCC(CC(N)=O)C1. The molecule has 3 amide bonds. The fraction of sp³-hybridized carbons (Fsp3) is 0.474. The van der Waals surface area contributed by atoms with E-state index >= 15 is 0 Å². The number of benzene rings is 1. The van der Waals surface area contributed by atoms with E-state index in [9.17, 15) is 14.4 Å². The fourth-order valence-corrected chi connectivity index (χ4v) is 3.27. The molecule has 152 valence electrons. The standard InChI is InChI=1S/C19H28N6O3/c1-22-19(25-8-2-3-14(12-25)9-16(20)26)24-10-13-4-6-15(7-5-13)18(28)23-11-17(21)27/h4-7,14H,2-3,8-12H2,1H3,(H2,20,26)(H2,21,27)(H,22,24)(H,23,28). The molecule has 1 heterocycles. The quantitative estimate of drug-likeness (QED) is 0.370. The van der Waals surface area contributed by atoms with Crippen LogP contribution in [0.2, 0.25) is 0 Å². The zero-order chi connectivity index (χ0) is 20.5. The second-order valence-electron chi connectivity index (χ2n) is 6.87. The largest absolute Gasteiger partial charge is 0.370 e. The lowest BCUT2D eigenvalue weighted by Crippen LogP contribution is -2.46. The molecule has 1 saturated heterocycles. The summed E-state index contributed by atoms with van der Waals surface area (Å²) in [5.74, 6) is -0.172. The Morgan fingerprint density at radius 3 is 2.46 bits per heavy atom. The van der Waals surface area contributed by atoms with Crippen LogP contribution in [0.4, 0.5) is 0 Å². The van der Waals surface area contributed by atoms with E-state index in [-0.39, 0.29) is 24.3 Å². The molecular weight excluding hydrogens is 360 g/mol. The van der Waals surface area contributed by atoms with E-state index < -0.39 is 5.91 Å². The Bertz CT molecular complexity index is 732.